The van der Waals surface area contributed by atoms with Gasteiger partial charge in [-0.2, -0.15) is 0 Å². The molecule has 1 rings (SSSR count). The molecule has 86 valence electrons. The van der Waals surface area contributed by atoms with E-state index in [1.165, 1.54) is 0 Å². The highest BCUT2D eigenvalue weighted by Gasteiger charge is 2.05. The molecule has 2 N–H and O–H groups in total. The molecule has 3 nitrogen and oxygen atoms in total. The van der Waals surface area contributed by atoms with E-state index in [1.807, 2.05) is 30.3 Å². The number of ether oxygens (including phenoxy) is 1. The van der Waals surface area contributed by atoms with Crippen molar-refractivity contribution in [2.75, 3.05) is 13.2 Å². The minimum atomic E-state index is -0.390. The molecule has 0 saturated heterocycles. The number of nitrogens with two attached hydrogens (primary N) is 1. The third kappa shape index (κ3) is 4.23. The highest BCUT2D eigenvalue weighted by Crippen LogP contribution is 2.02. The molecular weight excluding hydrogens is 209 g/mol. The van der Waals surface area contributed by atoms with Crippen molar-refractivity contribution in [1.29, 1.82) is 0 Å². The molecule has 0 aliphatic heterocycles. The zero-order valence-corrected chi connectivity index (χ0v) is 8.86. The number of benzene rings is 1. The number of carbonyl (C=O) groups excluding carboxylic acids is 1. The van der Waals surface area contributed by atoms with Gasteiger partial charge in [0.1, 0.15) is 6.61 Å². The Morgan fingerprint density at radius 2 is 2.06 bits per heavy atom. The van der Waals surface area contributed by atoms with E-state index in [2.05, 4.69) is 0 Å². The Bertz CT molecular complexity index is 363. The molecule has 0 amide bonds. The Kier molecular flexibility index (Phi) is 5.22. The van der Waals surface area contributed by atoms with E-state index >= 15 is 0 Å². The molecule has 0 saturated carbocycles. The van der Waals surface area contributed by atoms with Crippen molar-refractivity contribution >= 4 is 5.97 Å². The number of hydrogen-bond donors (Lipinski definition) is 1. The minimum Gasteiger partial charge on any atom is -0.461 e. The predicted molar refractivity (Wildman–Crippen MR) is 59.4 cm³/mol. The first kappa shape index (κ1) is 12.4. The van der Waals surface area contributed by atoms with Gasteiger partial charge >= 0.3 is 5.97 Å². The van der Waals surface area contributed by atoms with Crippen LogP contribution in [0.2, 0.25) is 0 Å². The summed E-state index contributed by atoms with van der Waals surface area (Å²) in [5.74, 6) is -0.390. The Labute approximate surface area is 93.7 Å². The van der Waals surface area contributed by atoms with Gasteiger partial charge in [0, 0.05) is 12.1 Å². The fraction of sp³-hybridized carbons (Fsp3) is 0.250. The minimum absolute atomic E-state index is 0.0507. The van der Waals surface area contributed by atoms with Crippen LogP contribution in [0.25, 0.3) is 0 Å². The summed E-state index contributed by atoms with van der Waals surface area (Å²) in [6, 6.07) is 9.21. The van der Waals surface area contributed by atoms with E-state index in [4.69, 9.17) is 10.5 Å². The molecule has 0 spiro atoms. The van der Waals surface area contributed by atoms with E-state index in [0.717, 1.165) is 5.56 Å². The maximum atomic E-state index is 12.1. The summed E-state index contributed by atoms with van der Waals surface area (Å²) in [7, 11) is 0. The summed E-state index contributed by atoms with van der Waals surface area (Å²) in [6.45, 7) is -0.0339. The lowest BCUT2D eigenvalue weighted by atomic mass is 10.2. The van der Waals surface area contributed by atoms with Gasteiger partial charge in [0.25, 0.3) is 0 Å². The molecule has 0 aliphatic rings. The molecule has 0 atom stereocenters. The normalized spacial score (nSPS) is 11.2. The Morgan fingerprint density at radius 3 is 2.62 bits per heavy atom. The van der Waals surface area contributed by atoms with E-state index in [1.54, 1.807) is 0 Å². The quantitative estimate of drug-likeness (QED) is 0.771. The molecule has 0 aromatic heterocycles. The molecule has 1 aromatic carbocycles. The maximum absolute atomic E-state index is 12.1. The molecular formula is C12H14FNO2. The number of rotatable bonds is 5. The van der Waals surface area contributed by atoms with Crippen molar-refractivity contribution in [3.63, 3.8) is 0 Å². The van der Waals surface area contributed by atoms with Crippen LogP contribution in [-0.4, -0.2) is 19.1 Å². The predicted octanol–water partition coefficient (Wildman–Crippen LogP) is 1.58. The van der Waals surface area contributed by atoms with E-state index < -0.39 is 0 Å². The topological polar surface area (TPSA) is 52.3 Å². The van der Waals surface area contributed by atoms with E-state index in [9.17, 15) is 9.18 Å². The van der Waals surface area contributed by atoms with Crippen LogP contribution in [0.4, 0.5) is 4.39 Å². The van der Waals surface area contributed by atoms with Crippen molar-refractivity contribution in [3.8, 4) is 0 Å². The first-order chi connectivity index (χ1) is 7.76. The first-order valence-corrected chi connectivity index (χ1v) is 4.94. The van der Waals surface area contributed by atoms with Crippen LogP contribution < -0.4 is 5.73 Å². The maximum Gasteiger partial charge on any atom is 0.310 e. The number of halogens is 1. The molecule has 4 heteroatoms. The Balaban J connectivity index is 2.37. The molecule has 0 heterocycles. The molecule has 16 heavy (non-hydrogen) atoms. The van der Waals surface area contributed by atoms with Crippen LogP contribution in [0.15, 0.2) is 42.2 Å². The highest BCUT2D eigenvalue weighted by molar-refractivity contribution is 5.72. The molecule has 1 aromatic rings. The molecule has 0 aliphatic carbocycles. The third-order valence-corrected chi connectivity index (χ3v) is 2.03. The standard InChI is InChI=1S/C12H14FNO2/c13-7-11(8-14)9-16-12(15)6-10-4-2-1-3-5-10/h1-5,7H,6,8-9,14H2/b11-7-. The van der Waals surface area contributed by atoms with Gasteiger partial charge in [-0.05, 0) is 5.56 Å². The fourth-order valence-corrected chi connectivity index (χ4v) is 1.12. The fourth-order valence-electron chi connectivity index (χ4n) is 1.12. The van der Waals surface area contributed by atoms with Gasteiger partial charge in [0.2, 0.25) is 0 Å². The van der Waals surface area contributed by atoms with Crippen LogP contribution in [-0.2, 0) is 16.0 Å². The summed E-state index contributed by atoms with van der Waals surface area (Å²) >= 11 is 0. The van der Waals surface area contributed by atoms with Crippen molar-refractivity contribution in [2.24, 2.45) is 5.73 Å². The Hall–Kier alpha value is -1.68. The second-order valence-corrected chi connectivity index (χ2v) is 3.29. The first-order valence-electron chi connectivity index (χ1n) is 4.94. The Morgan fingerprint density at radius 1 is 1.38 bits per heavy atom. The van der Waals surface area contributed by atoms with Crippen LogP contribution in [0.1, 0.15) is 5.56 Å². The van der Waals surface area contributed by atoms with Gasteiger partial charge in [-0.1, -0.05) is 30.3 Å². The van der Waals surface area contributed by atoms with Gasteiger partial charge in [-0.25, -0.2) is 4.39 Å². The van der Waals surface area contributed by atoms with Crippen LogP contribution in [0.3, 0.4) is 0 Å². The van der Waals surface area contributed by atoms with Crippen molar-refractivity contribution in [2.45, 2.75) is 6.42 Å². The average Bonchev–Trinajstić information content (AvgIpc) is 2.31. The summed E-state index contributed by atoms with van der Waals surface area (Å²) in [5.41, 5.74) is 6.35. The summed E-state index contributed by atoms with van der Waals surface area (Å²) < 4.78 is 17.0. The average molecular weight is 223 g/mol. The van der Waals surface area contributed by atoms with Gasteiger partial charge < -0.3 is 10.5 Å². The molecule has 0 fully saturated rings. The van der Waals surface area contributed by atoms with Gasteiger partial charge in [0.15, 0.2) is 0 Å². The molecule has 0 unspecified atom stereocenters. The summed E-state index contributed by atoms with van der Waals surface area (Å²) in [5, 5.41) is 0. The zero-order chi connectivity index (χ0) is 11.8. The summed E-state index contributed by atoms with van der Waals surface area (Å²) in [6.07, 6.45) is 0.556. The van der Waals surface area contributed by atoms with E-state index in [-0.39, 0.29) is 31.1 Å². The van der Waals surface area contributed by atoms with Gasteiger partial charge in [-0.3, -0.25) is 4.79 Å². The second-order valence-electron chi connectivity index (χ2n) is 3.29. The van der Waals surface area contributed by atoms with Crippen molar-refractivity contribution in [3.05, 3.63) is 47.8 Å². The monoisotopic (exact) mass is 223 g/mol. The number of esters is 1. The van der Waals surface area contributed by atoms with Crippen LogP contribution in [0.5, 0.6) is 0 Å². The summed E-state index contributed by atoms with van der Waals surface area (Å²) in [4.78, 5) is 11.3. The molecule has 0 radical (unpaired) electrons. The zero-order valence-electron chi connectivity index (χ0n) is 8.86. The van der Waals surface area contributed by atoms with Crippen molar-refractivity contribution in [1.82, 2.24) is 0 Å². The lowest BCUT2D eigenvalue weighted by Gasteiger charge is -2.05. The molecule has 0 bridgehead atoms. The van der Waals surface area contributed by atoms with E-state index in [0.29, 0.717) is 6.33 Å². The largest absolute Gasteiger partial charge is 0.461 e. The highest BCUT2D eigenvalue weighted by atomic mass is 19.1. The number of hydrogen-bond acceptors (Lipinski definition) is 3. The smallest absolute Gasteiger partial charge is 0.310 e. The lowest BCUT2D eigenvalue weighted by molar-refractivity contribution is -0.141. The van der Waals surface area contributed by atoms with Gasteiger partial charge in [0.05, 0.1) is 12.8 Å². The van der Waals surface area contributed by atoms with Crippen LogP contribution in [0, 0.1) is 0 Å². The second kappa shape index (κ2) is 6.74. The van der Waals surface area contributed by atoms with Crippen LogP contribution >= 0.6 is 0 Å². The number of carbonyl (C=O) groups is 1. The third-order valence-electron chi connectivity index (χ3n) is 2.03. The SMILES string of the molecule is NC/C(=C/F)COC(=O)Cc1ccccc1. The van der Waals surface area contributed by atoms with Gasteiger partial charge in [-0.15, -0.1) is 0 Å². The van der Waals surface area contributed by atoms with Crippen molar-refractivity contribution < 1.29 is 13.9 Å². The lowest BCUT2D eigenvalue weighted by Crippen LogP contribution is -2.14.